The van der Waals surface area contributed by atoms with Crippen LogP contribution in [0.15, 0.2) is 53.4 Å². The quantitative estimate of drug-likeness (QED) is 0.342. The van der Waals surface area contributed by atoms with Crippen LogP contribution in [0.25, 0.3) is 28.2 Å². The van der Waals surface area contributed by atoms with Crippen molar-refractivity contribution in [2.75, 3.05) is 5.32 Å². The van der Waals surface area contributed by atoms with E-state index < -0.39 is 11.8 Å². The highest BCUT2D eigenvalue weighted by Crippen LogP contribution is 2.67. The Bertz CT molecular complexity index is 1790. The van der Waals surface area contributed by atoms with Crippen LogP contribution in [-0.4, -0.2) is 52.5 Å². The number of benzene rings is 1. The molecule has 2 bridgehead atoms. The number of hydrogen-bond donors (Lipinski definition) is 1. The number of nitrogens with zero attached hydrogens (tertiary/aromatic N) is 7. The van der Waals surface area contributed by atoms with Crippen molar-refractivity contribution in [1.29, 1.82) is 0 Å². The van der Waals surface area contributed by atoms with Crippen LogP contribution in [-0.2, 0) is 5.54 Å². The number of anilines is 1. The van der Waals surface area contributed by atoms with Crippen LogP contribution in [0.3, 0.4) is 0 Å². The summed E-state index contributed by atoms with van der Waals surface area (Å²) in [5, 5.41) is 19.8. The van der Waals surface area contributed by atoms with Crippen molar-refractivity contribution in [2.24, 2.45) is 0 Å². The summed E-state index contributed by atoms with van der Waals surface area (Å²) in [5.74, 6) is -0.00150. The number of alkyl halides is 2. The van der Waals surface area contributed by atoms with E-state index in [9.17, 15) is 13.6 Å². The van der Waals surface area contributed by atoms with Gasteiger partial charge in [0.1, 0.15) is 17.5 Å². The van der Waals surface area contributed by atoms with Crippen LogP contribution in [0.1, 0.15) is 53.4 Å². The average Bonchev–Trinajstić information content (AvgIpc) is 3.34. The Morgan fingerprint density at radius 1 is 1.15 bits per heavy atom. The summed E-state index contributed by atoms with van der Waals surface area (Å²) in [7, 11) is 0. The van der Waals surface area contributed by atoms with Gasteiger partial charge in [0.15, 0.2) is 0 Å². The number of rotatable bonds is 6. The minimum Gasteiger partial charge on any atom is -0.339 e. The third-order valence-electron chi connectivity index (χ3n) is 8.19. The molecule has 0 saturated heterocycles. The Kier molecular flexibility index (Phi) is 4.36. The first-order valence-corrected chi connectivity index (χ1v) is 12.8. The van der Waals surface area contributed by atoms with E-state index in [4.69, 9.17) is 4.52 Å². The molecular formula is C27H22F2N8O2. The Labute approximate surface area is 220 Å². The van der Waals surface area contributed by atoms with Gasteiger partial charge in [-0.15, -0.1) is 5.10 Å². The fraction of sp³-hybridized carbons (Fsp3) is 0.333. The van der Waals surface area contributed by atoms with Gasteiger partial charge in [0.2, 0.25) is 11.7 Å². The van der Waals surface area contributed by atoms with E-state index in [-0.39, 0.29) is 17.4 Å². The van der Waals surface area contributed by atoms with Gasteiger partial charge < -0.3 is 9.84 Å². The summed E-state index contributed by atoms with van der Waals surface area (Å²) in [6, 6.07) is 9.13. The molecule has 0 spiro atoms. The molecule has 4 aliphatic rings. The Morgan fingerprint density at radius 2 is 1.95 bits per heavy atom. The summed E-state index contributed by atoms with van der Waals surface area (Å²) >= 11 is 0. The lowest BCUT2D eigenvalue weighted by molar-refractivity contribution is -0.204. The molecule has 1 aromatic carbocycles. The Balaban J connectivity index is 1.03. The van der Waals surface area contributed by atoms with Crippen molar-refractivity contribution in [3.8, 4) is 22.6 Å². The highest BCUT2D eigenvalue weighted by molar-refractivity contribution is 6.09. The summed E-state index contributed by atoms with van der Waals surface area (Å²) < 4.78 is 35.9. The van der Waals surface area contributed by atoms with Gasteiger partial charge in [0.25, 0.3) is 5.91 Å². The van der Waals surface area contributed by atoms with Gasteiger partial charge in [-0.1, -0.05) is 22.5 Å². The number of fused-ring (bicyclic) bond motifs is 1. The van der Waals surface area contributed by atoms with Gasteiger partial charge in [0.05, 0.1) is 34.9 Å². The maximum absolute atomic E-state index is 13.9. The van der Waals surface area contributed by atoms with E-state index in [1.165, 1.54) is 6.20 Å². The molecule has 4 fully saturated rings. The first-order valence-electron chi connectivity index (χ1n) is 12.8. The molecule has 9 rings (SSSR count). The van der Waals surface area contributed by atoms with Crippen LogP contribution >= 0.6 is 0 Å². The van der Waals surface area contributed by atoms with Crippen LogP contribution < -0.4 is 5.32 Å². The number of pyridine rings is 1. The molecule has 0 radical (unpaired) electrons. The third kappa shape index (κ3) is 3.43. The van der Waals surface area contributed by atoms with Crippen molar-refractivity contribution in [2.45, 2.75) is 55.9 Å². The minimum absolute atomic E-state index is 0.225. The molecule has 12 heteroatoms. The van der Waals surface area contributed by atoms with E-state index >= 15 is 0 Å². The lowest BCUT2D eigenvalue weighted by Gasteiger charge is -2.64. The predicted octanol–water partition coefficient (Wildman–Crippen LogP) is 4.63. The van der Waals surface area contributed by atoms with Crippen molar-refractivity contribution < 1.29 is 18.1 Å². The molecule has 2 atom stereocenters. The normalized spacial score (nSPS) is 26.7. The molecular weight excluding hydrogens is 506 g/mol. The summed E-state index contributed by atoms with van der Waals surface area (Å²) in [6.07, 6.45) is 6.13. The smallest absolute Gasteiger partial charge is 0.259 e. The molecule has 4 heterocycles. The van der Waals surface area contributed by atoms with Crippen LogP contribution in [0.5, 0.6) is 0 Å². The van der Waals surface area contributed by atoms with Gasteiger partial charge in [-0.05, 0) is 37.1 Å². The molecule has 1 amide bonds. The highest BCUT2D eigenvalue weighted by Gasteiger charge is 2.71. The fourth-order valence-electron chi connectivity index (χ4n) is 5.80. The molecule has 39 heavy (non-hydrogen) atoms. The summed E-state index contributed by atoms with van der Waals surface area (Å²) in [6.45, 7) is 1.88. The van der Waals surface area contributed by atoms with E-state index in [2.05, 4.69) is 30.9 Å². The number of aromatic nitrogens is 7. The molecule has 0 unspecified atom stereocenters. The first kappa shape index (κ1) is 22.5. The maximum Gasteiger partial charge on any atom is 0.259 e. The second kappa shape index (κ2) is 7.55. The van der Waals surface area contributed by atoms with Gasteiger partial charge in [-0.2, -0.15) is 10.1 Å². The first-order chi connectivity index (χ1) is 18.8. The van der Waals surface area contributed by atoms with Crippen molar-refractivity contribution in [1.82, 2.24) is 34.7 Å². The number of carbonyl (C=O) groups excluding carboxylic acids is 1. The Hall–Kier alpha value is -4.48. The van der Waals surface area contributed by atoms with Crippen molar-refractivity contribution in [3.63, 3.8) is 0 Å². The summed E-state index contributed by atoms with van der Waals surface area (Å²) in [5.41, 5.74) is 3.35. The van der Waals surface area contributed by atoms with Crippen LogP contribution in [0.2, 0.25) is 0 Å². The zero-order chi connectivity index (χ0) is 26.5. The second-order valence-corrected chi connectivity index (χ2v) is 11.1. The Morgan fingerprint density at radius 3 is 2.72 bits per heavy atom. The number of carbonyl (C=O) groups is 1. The zero-order valence-electron chi connectivity index (χ0n) is 20.8. The number of hydrogen-bond acceptors (Lipinski definition) is 7. The molecule has 0 aliphatic heterocycles. The average molecular weight is 529 g/mol. The topological polar surface area (TPSA) is 116 Å². The number of halogens is 2. The number of amides is 1. The van der Waals surface area contributed by atoms with Crippen LogP contribution in [0, 0.1) is 6.92 Å². The monoisotopic (exact) mass is 528 g/mol. The summed E-state index contributed by atoms with van der Waals surface area (Å²) in [4.78, 5) is 17.6. The number of aryl methyl sites for hydroxylation is 1. The van der Waals surface area contributed by atoms with Gasteiger partial charge >= 0.3 is 0 Å². The van der Waals surface area contributed by atoms with E-state index in [1.807, 2.05) is 37.4 Å². The molecule has 4 aliphatic carbocycles. The maximum atomic E-state index is 13.9. The fourth-order valence-corrected chi connectivity index (χ4v) is 5.80. The lowest BCUT2D eigenvalue weighted by atomic mass is 9.47. The minimum atomic E-state index is -1.01. The van der Waals surface area contributed by atoms with Gasteiger partial charge in [-0.3, -0.25) is 4.79 Å². The van der Waals surface area contributed by atoms with Gasteiger partial charge in [-0.25, -0.2) is 18.0 Å². The SMILES string of the molecule is Cc1ccc(-c2noc([C@H]3C[C@@H]3F)n2)cc1NC(=O)c1cnn2cc(-c3cn(C45CC(F)(C4)C5)nn3)ccc12. The second-order valence-electron chi connectivity index (χ2n) is 11.1. The van der Waals surface area contributed by atoms with E-state index in [0.29, 0.717) is 65.4 Å². The molecule has 10 nitrogen and oxygen atoms in total. The van der Waals surface area contributed by atoms with Crippen LogP contribution in [0.4, 0.5) is 14.5 Å². The molecule has 5 aromatic rings. The predicted molar refractivity (Wildman–Crippen MR) is 135 cm³/mol. The van der Waals surface area contributed by atoms with Gasteiger partial charge in [0, 0.05) is 42.3 Å². The zero-order valence-corrected chi connectivity index (χ0v) is 20.8. The lowest BCUT2D eigenvalue weighted by Crippen LogP contribution is -2.70. The van der Waals surface area contributed by atoms with E-state index in [0.717, 1.165) is 11.1 Å². The van der Waals surface area contributed by atoms with E-state index in [1.54, 1.807) is 21.5 Å². The van der Waals surface area contributed by atoms with Crippen molar-refractivity contribution >= 4 is 17.1 Å². The van der Waals surface area contributed by atoms with Crippen molar-refractivity contribution in [3.05, 3.63) is 65.9 Å². The highest BCUT2D eigenvalue weighted by atomic mass is 19.1. The molecule has 1 N–H and O–H groups in total. The largest absolute Gasteiger partial charge is 0.339 e. The molecule has 196 valence electrons. The number of nitrogens with one attached hydrogen (secondary N) is 1. The third-order valence-corrected chi connectivity index (χ3v) is 8.19. The molecule has 4 aromatic heterocycles. The standard InChI is InChI=1S/C27H22F2N8O2/c1-14-2-3-15(23-32-25(39-34-23)17-7-19(17)28)6-20(14)31-24(38)18-8-30-36-9-16(4-5-22(18)36)21-10-37(35-33-21)27-11-26(29,12-27)13-27/h2-6,8-10,17,19H,7,11-13H2,1H3,(H,31,38)/t17-,19-,26?,27?/m0/s1. The molecule has 4 saturated carbocycles.